The molecule has 0 bridgehead atoms. The zero-order valence-corrected chi connectivity index (χ0v) is 9.81. The van der Waals surface area contributed by atoms with E-state index in [0.29, 0.717) is 11.6 Å². The van der Waals surface area contributed by atoms with E-state index in [4.69, 9.17) is 5.26 Å². The predicted molar refractivity (Wildman–Crippen MR) is 65.6 cm³/mol. The van der Waals surface area contributed by atoms with E-state index in [9.17, 15) is 4.79 Å². The summed E-state index contributed by atoms with van der Waals surface area (Å²) < 4.78 is 0. The zero-order chi connectivity index (χ0) is 12.3. The summed E-state index contributed by atoms with van der Waals surface area (Å²) in [6.07, 6.45) is 2.21. The second-order valence-electron chi connectivity index (χ2n) is 4.14. The van der Waals surface area contributed by atoms with Crippen molar-refractivity contribution in [3.05, 3.63) is 29.8 Å². The normalized spacial score (nSPS) is 13.9. The molecule has 4 heteroatoms. The van der Waals surface area contributed by atoms with Crippen molar-refractivity contribution in [1.82, 2.24) is 4.90 Å². The van der Waals surface area contributed by atoms with Crippen LogP contribution in [0.15, 0.2) is 24.3 Å². The maximum atomic E-state index is 11.9. The number of rotatable bonds is 3. The Morgan fingerprint density at radius 1 is 1.47 bits per heavy atom. The van der Waals surface area contributed by atoms with Crippen LogP contribution in [0.25, 0.3) is 0 Å². The number of nitrogens with zero attached hydrogens (tertiary/aromatic N) is 2. The van der Waals surface area contributed by atoms with Crippen molar-refractivity contribution >= 4 is 11.7 Å². The van der Waals surface area contributed by atoms with Crippen LogP contribution in [0.5, 0.6) is 0 Å². The van der Waals surface area contributed by atoms with Crippen LogP contribution in [0.3, 0.4) is 0 Å². The number of urea groups is 1. The van der Waals surface area contributed by atoms with Crippen molar-refractivity contribution in [3.8, 4) is 6.07 Å². The minimum Gasteiger partial charge on any atom is -0.322 e. The summed E-state index contributed by atoms with van der Waals surface area (Å²) in [4.78, 5) is 13.8. The zero-order valence-electron chi connectivity index (χ0n) is 9.81. The molecule has 0 heterocycles. The molecule has 0 atom stereocenters. The minimum atomic E-state index is -0.0558. The van der Waals surface area contributed by atoms with Gasteiger partial charge in [0.25, 0.3) is 0 Å². The first kappa shape index (κ1) is 11.5. The largest absolute Gasteiger partial charge is 0.322 e. The molecule has 88 valence electrons. The molecule has 0 radical (unpaired) electrons. The van der Waals surface area contributed by atoms with E-state index in [1.165, 1.54) is 0 Å². The van der Waals surface area contributed by atoms with Gasteiger partial charge in [0.2, 0.25) is 0 Å². The summed E-state index contributed by atoms with van der Waals surface area (Å²) in [6, 6.07) is 9.30. The topological polar surface area (TPSA) is 56.1 Å². The van der Waals surface area contributed by atoms with Gasteiger partial charge in [-0.1, -0.05) is 0 Å². The van der Waals surface area contributed by atoms with E-state index in [1.54, 1.807) is 24.3 Å². The predicted octanol–water partition coefficient (Wildman–Crippen LogP) is 2.57. The van der Waals surface area contributed by atoms with Crippen LogP contribution in [0.2, 0.25) is 0 Å². The Balaban J connectivity index is 1.99. The van der Waals surface area contributed by atoms with Crippen molar-refractivity contribution in [1.29, 1.82) is 5.26 Å². The van der Waals surface area contributed by atoms with Crippen LogP contribution in [-0.4, -0.2) is 23.5 Å². The smallest absolute Gasteiger partial charge is 0.322 e. The van der Waals surface area contributed by atoms with Crippen LogP contribution in [0, 0.1) is 11.3 Å². The standard InChI is InChI=1S/C13H15N3O/c1-2-16(12-7-8-12)13(17)15-11-5-3-10(9-14)4-6-11/h3-6,12H,2,7-8H2,1H3,(H,15,17). The lowest BCUT2D eigenvalue weighted by Gasteiger charge is -2.20. The maximum absolute atomic E-state index is 11.9. The van der Waals surface area contributed by atoms with E-state index >= 15 is 0 Å². The Kier molecular flexibility index (Phi) is 3.29. The lowest BCUT2D eigenvalue weighted by molar-refractivity contribution is 0.212. The maximum Gasteiger partial charge on any atom is 0.322 e. The monoisotopic (exact) mass is 229 g/mol. The SMILES string of the molecule is CCN(C(=O)Nc1ccc(C#N)cc1)C1CC1. The van der Waals surface area contributed by atoms with Crippen LogP contribution >= 0.6 is 0 Å². The molecule has 1 fully saturated rings. The molecule has 0 spiro atoms. The van der Waals surface area contributed by atoms with Crippen LogP contribution in [0.4, 0.5) is 10.5 Å². The minimum absolute atomic E-state index is 0.0558. The molecule has 1 aliphatic carbocycles. The van der Waals surface area contributed by atoms with E-state index in [1.807, 2.05) is 17.9 Å². The number of hydrogen-bond acceptors (Lipinski definition) is 2. The first-order valence-electron chi connectivity index (χ1n) is 5.82. The quantitative estimate of drug-likeness (QED) is 0.866. The third kappa shape index (κ3) is 2.76. The second kappa shape index (κ2) is 4.88. The summed E-state index contributed by atoms with van der Waals surface area (Å²) >= 11 is 0. The number of carbonyl (C=O) groups excluding carboxylic acids is 1. The number of anilines is 1. The molecule has 4 nitrogen and oxygen atoms in total. The Bertz CT molecular complexity index is 443. The van der Waals surface area contributed by atoms with Gasteiger partial charge in [0.05, 0.1) is 11.6 Å². The Morgan fingerprint density at radius 2 is 2.12 bits per heavy atom. The molecule has 0 aromatic heterocycles. The lowest BCUT2D eigenvalue weighted by atomic mass is 10.2. The molecule has 1 aromatic rings. The van der Waals surface area contributed by atoms with Crippen molar-refractivity contribution in [2.45, 2.75) is 25.8 Å². The molecule has 1 saturated carbocycles. The summed E-state index contributed by atoms with van der Waals surface area (Å²) in [5, 5.41) is 11.5. The van der Waals surface area contributed by atoms with Gasteiger partial charge >= 0.3 is 6.03 Å². The van der Waals surface area contributed by atoms with Gasteiger partial charge in [-0.05, 0) is 44.0 Å². The van der Waals surface area contributed by atoms with E-state index in [-0.39, 0.29) is 6.03 Å². The van der Waals surface area contributed by atoms with Gasteiger partial charge in [-0.3, -0.25) is 0 Å². The molecule has 2 amide bonds. The molecule has 1 N–H and O–H groups in total. The van der Waals surface area contributed by atoms with E-state index in [0.717, 1.165) is 25.1 Å². The molecule has 1 aliphatic rings. The molecule has 0 saturated heterocycles. The van der Waals surface area contributed by atoms with Crippen LogP contribution in [0.1, 0.15) is 25.3 Å². The number of amides is 2. The van der Waals surface area contributed by atoms with Gasteiger partial charge in [0, 0.05) is 18.3 Å². The molecule has 17 heavy (non-hydrogen) atoms. The molecule has 0 unspecified atom stereocenters. The molecule has 0 aliphatic heterocycles. The van der Waals surface area contributed by atoms with Crippen molar-refractivity contribution in [3.63, 3.8) is 0 Å². The average molecular weight is 229 g/mol. The summed E-state index contributed by atoms with van der Waals surface area (Å²) in [6.45, 7) is 2.71. The van der Waals surface area contributed by atoms with Gasteiger partial charge in [-0.15, -0.1) is 0 Å². The number of hydrogen-bond donors (Lipinski definition) is 1. The van der Waals surface area contributed by atoms with Gasteiger partial charge in [-0.25, -0.2) is 4.79 Å². The Labute approximate surface area is 101 Å². The number of nitrogens with one attached hydrogen (secondary N) is 1. The first-order chi connectivity index (χ1) is 8.24. The fourth-order valence-electron chi connectivity index (χ4n) is 1.78. The van der Waals surface area contributed by atoms with Crippen LogP contribution in [-0.2, 0) is 0 Å². The van der Waals surface area contributed by atoms with Gasteiger partial charge < -0.3 is 10.2 Å². The Hall–Kier alpha value is -2.02. The highest BCUT2D eigenvalue weighted by Crippen LogP contribution is 2.27. The van der Waals surface area contributed by atoms with Crippen molar-refractivity contribution < 1.29 is 4.79 Å². The third-order valence-electron chi connectivity index (χ3n) is 2.85. The average Bonchev–Trinajstić information content (AvgIpc) is 3.15. The fourth-order valence-corrected chi connectivity index (χ4v) is 1.78. The summed E-state index contributed by atoms with van der Waals surface area (Å²) in [5.41, 5.74) is 1.32. The summed E-state index contributed by atoms with van der Waals surface area (Å²) in [5.74, 6) is 0. The highest BCUT2D eigenvalue weighted by Gasteiger charge is 2.31. The highest BCUT2D eigenvalue weighted by atomic mass is 16.2. The number of nitriles is 1. The van der Waals surface area contributed by atoms with Crippen molar-refractivity contribution in [2.75, 3.05) is 11.9 Å². The first-order valence-corrected chi connectivity index (χ1v) is 5.82. The highest BCUT2D eigenvalue weighted by molar-refractivity contribution is 5.89. The van der Waals surface area contributed by atoms with Gasteiger partial charge in [-0.2, -0.15) is 5.26 Å². The third-order valence-corrected chi connectivity index (χ3v) is 2.85. The lowest BCUT2D eigenvalue weighted by Crippen LogP contribution is -2.36. The Morgan fingerprint density at radius 3 is 2.59 bits per heavy atom. The summed E-state index contributed by atoms with van der Waals surface area (Å²) in [7, 11) is 0. The van der Waals surface area contributed by atoms with Gasteiger partial charge in [0.1, 0.15) is 0 Å². The number of benzene rings is 1. The second-order valence-corrected chi connectivity index (χ2v) is 4.14. The fraction of sp³-hybridized carbons (Fsp3) is 0.385. The molecular weight excluding hydrogens is 214 g/mol. The van der Waals surface area contributed by atoms with Gasteiger partial charge in [0.15, 0.2) is 0 Å². The van der Waals surface area contributed by atoms with Crippen LogP contribution < -0.4 is 5.32 Å². The van der Waals surface area contributed by atoms with Crippen molar-refractivity contribution in [2.24, 2.45) is 0 Å². The molecular formula is C13H15N3O. The van der Waals surface area contributed by atoms with E-state index < -0.39 is 0 Å². The van der Waals surface area contributed by atoms with E-state index in [2.05, 4.69) is 5.32 Å². The molecule has 2 rings (SSSR count). The molecule has 1 aromatic carbocycles. The number of carbonyl (C=O) groups is 1.